The Bertz CT molecular complexity index is 2140. The Kier molecular flexibility index (Phi) is 24.5. The molecule has 26 nitrogen and oxygen atoms in total. The molecule has 2 aliphatic rings. The van der Waals surface area contributed by atoms with Gasteiger partial charge in [-0.15, -0.1) is 0 Å². The zero-order valence-electron chi connectivity index (χ0n) is 39.9. The summed E-state index contributed by atoms with van der Waals surface area (Å²) in [6.45, 7) is -0.349. The molecule has 0 aromatic heterocycles. The van der Waals surface area contributed by atoms with E-state index in [1.807, 2.05) is 0 Å². The fraction of sp³-hybridized carbons (Fsp3) is 0.591. The smallest absolute Gasteiger partial charge is 0.246 e. The van der Waals surface area contributed by atoms with Gasteiger partial charge in [0.2, 0.25) is 65.0 Å². The number of hydrogen-bond acceptors (Lipinski definition) is 15. The van der Waals surface area contributed by atoms with E-state index in [9.17, 15) is 52.7 Å². The van der Waals surface area contributed by atoms with Crippen molar-refractivity contribution in [3.05, 3.63) is 35.9 Å². The zero-order valence-corrected chi connectivity index (χ0v) is 41.7. The number of guanidine groups is 1. The number of carbonyl (C=O) groups excluding carboxylic acids is 11. The van der Waals surface area contributed by atoms with Crippen LogP contribution in [-0.4, -0.2) is 155 Å². The Morgan fingerprint density at radius 3 is 1.88 bits per heavy atom. The van der Waals surface area contributed by atoms with Gasteiger partial charge in [0.1, 0.15) is 41.8 Å². The average molecular weight is 1050 g/mol. The van der Waals surface area contributed by atoms with Gasteiger partial charge in [-0.1, -0.05) is 49.6 Å². The molecule has 7 atom stereocenters. The van der Waals surface area contributed by atoms with Crippen LogP contribution in [-0.2, 0) is 59.2 Å². The molecule has 0 unspecified atom stereocenters. The van der Waals surface area contributed by atoms with Gasteiger partial charge >= 0.3 is 0 Å². The molecule has 1 aromatic rings. The van der Waals surface area contributed by atoms with Crippen molar-refractivity contribution < 1.29 is 52.7 Å². The van der Waals surface area contributed by atoms with E-state index in [2.05, 4.69) is 67.5 Å². The number of benzene rings is 1. The summed E-state index contributed by atoms with van der Waals surface area (Å²) in [6, 6.07) is -0.974. The number of rotatable bonds is 29. The van der Waals surface area contributed by atoms with Crippen LogP contribution < -0.4 is 71.6 Å². The van der Waals surface area contributed by atoms with Gasteiger partial charge in [-0.2, -0.15) is 25.3 Å². The summed E-state index contributed by atoms with van der Waals surface area (Å²) in [4.78, 5) is 151. The minimum atomic E-state index is -1.77. The largest absolute Gasteiger partial charge is 0.370 e. The summed E-state index contributed by atoms with van der Waals surface area (Å²) >= 11 is 8.35. The van der Waals surface area contributed by atoms with Crippen molar-refractivity contribution in [1.82, 2.24) is 42.1 Å². The van der Waals surface area contributed by atoms with Crippen LogP contribution in [0.5, 0.6) is 0 Å². The van der Waals surface area contributed by atoms with Gasteiger partial charge in [-0.05, 0) is 50.5 Å². The number of thiol groups is 2. The van der Waals surface area contributed by atoms with Crippen molar-refractivity contribution in [3.63, 3.8) is 0 Å². The molecular weight excluding hydrogens is 979 g/mol. The maximum atomic E-state index is 14.3. The molecule has 19 N–H and O–H groups in total. The third kappa shape index (κ3) is 19.2. The van der Waals surface area contributed by atoms with Crippen LogP contribution in [0.4, 0.5) is 0 Å². The lowest BCUT2D eigenvalue weighted by molar-refractivity contribution is -0.142. The summed E-state index contributed by atoms with van der Waals surface area (Å²) in [5.41, 5.74) is 31.9. The maximum Gasteiger partial charge on any atom is 0.246 e. The second kappa shape index (κ2) is 29.6. The highest BCUT2D eigenvalue weighted by molar-refractivity contribution is 7.80. The predicted octanol–water partition coefficient (Wildman–Crippen LogP) is -5.55. The normalized spacial score (nSPS) is 17.4. The minimum Gasteiger partial charge on any atom is -0.370 e. The number of aliphatic imine (C=N–C) groups is 1. The highest BCUT2D eigenvalue weighted by atomic mass is 32.1. The van der Waals surface area contributed by atoms with Crippen LogP contribution in [0.15, 0.2) is 35.3 Å². The lowest BCUT2D eigenvalue weighted by Gasteiger charge is -2.38. The molecule has 1 heterocycles. The van der Waals surface area contributed by atoms with Gasteiger partial charge in [0.15, 0.2) is 5.96 Å². The second-order valence-corrected chi connectivity index (χ2v) is 18.3. The van der Waals surface area contributed by atoms with Crippen molar-refractivity contribution in [2.45, 2.75) is 131 Å². The number of likely N-dealkylation sites (tertiary alicyclic amines) is 1. The van der Waals surface area contributed by atoms with E-state index < -0.39 is 139 Å². The van der Waals surface area contributed by atoms with Gasteiger partial charge in [-0.3, -0.25) is 57.7 Å². The Balaban J connectivity index is 1.84. The highest BCUT2D eigenvalue weighted by Gasteiger charge is 2.44. The molecule has 1 aromatic carbocycles. The van der Waals surface area contributed by atoms with E-state index in [1.165, 1.54) is 4.90 Å². The fourth-order valence-corrected chi connectivity index (χ4v) is 8.55. The molecule has 3 rings (SSSR count). The van der Waals surface area contributed by atoms with Crippen molar-refractivity contribution >= 4 is 96.2 Å². The lowest BCUT2D eigenvalue weighted by atomic mass is 9.80. The number of nitrogens with one attached hydrogen (secondary N) is 7. The molecule has 1 saturated heterocycles. The molecule has 0 bridgehead atoms. The average Bonchev–Trinajstić information content (AvgIpc) is 3.84. The first-order valence-corrected chi connectivity index (χ1v) is 24.7. The highest BCUT2D eigenvalue weighted by Crippen LogP contribution is 2.29. The number of nitrogens with two attached hydrogens (primary N) is 6. The molecule has 1 saturated carbocycles. The van der Waals surface area contributed by atoms with Gasteiger partial charge in [-0.25, -0.2) is 0 Å². The predicted molar refractivity (Wildman–Crippen MR) is 269 cm³/mol. The molecule has 0 radical (unpaired) electrons. The summed E-state index contributed by atoms with van der Waals surface area (Å²) in [5.74, 6) is -9.85. The van der Waals surface area contributed by atoms with Gasteiger partial charge in [0.05, 0.1) is 19.0 Å². The summed E-state index contributed by atoms with van der Waals surface area (Å²) in [5, 5.41) is 17.8. The van der Waals surface area contributed by atoms with Crippen LogP contribution >= 0.6 is 25.3 Å². The van der Waals surface area contributed by atoms with Gasteiger partial charge < -0.3 is 76.5 Å². The standard InChI is InChI=1S/C44H69N15O11S2/c45-25(22-71)35(63)58-44(15-5-2-6-16-44)42(70)57-28(19-24-9-3-1-4-10-24)38(66)53-27(13-14-32(46)60)37(65)55-29(20-33(47)61)39(67)56-30(23-72)41(69)59-18-8-12-31(59)40(68)54-26(11-7-17-51-43(49)50)36(64)52-21-34(48)62/h1,3-4,9-10,25-31,71-72H,2,5-8,11-23,45H2,(H2,46,60)(H2,47,61)(H2,48,62)(H,52,64)(H,53,66)(H,54,68)(H,55,65)(H,56,67)(H,57,70)(H,58,63)(H4,49,50,51)/t25-,26-,27-,28-,29-,30-,31-/m0/s1. The van der Waals surface area contributed by atoms with Crippen molar-refractivity contribution in [2.24, 2.45) is 39.4 Å². The SMILES string of the molecule is NC(=O)CC[C@H](NC(=O)[C@H](Cc1ccccc1)NC(=O)C1(NC(=O)[C@@H](N)CS)CCCCC1)C(=O)N[C@@H](CC(N)=O)C(=O)N[C@@H](CS)C(=O)N1CCC[C@H]1C(=O)N[C@@H](CCCN=C(N)N)C(=O)NCC(N)=O. The van der Waals surface area contributed by atoms with Crippen LogP contribution in [0.3, 0.4) is 0 Å². The van der Waals surface area contributed by atoms with E-state index in [0.717, 1.165) is 6.42 Å². The van der Waals surface area contributed by atoms with E-state index in [4.69, 9.17) is 34.4 Å². The zero-order chi connectivity index (χ0) is 53.5. The third-order valence-corrected chi connectivity index (χ3v) is 12.7. The molecule has 28 heteroatoms. The van der Waals surface area contributed by atoms with Crippen LogP contribution in [0.2, 0.25) is 0 Å². The van der Waals surface area contributed by atoms with Crippen LogP contribution in [0.25, 0.3) is 0 Å². The molecule has 1 aliphatic carbocycles. The lowest BCUT2D eigenvalue weighted by Crippen LogP contribution is -2.65. The van der Waals surface area contributed by atoms with Gasteiger partial charge in [0.25, 0.3) is 0 Å². The number of amides is 11. The first-order chi connectivity index (χ1) is 34.1. The van der Waals surface area contributed by atoms with E-state index >= 15 is 0 Å². The first-order valence-electron chi connectivity index (χ1n) is 23.4. The summed E-state index contributed by atoms with van der Waals surface area (Å²) < 4.78 is 0. The molecule has 2 fully saturated rings. The molecule has 398 valence electrons. The van der Waals surface area contributed by atoms with E-state index in [1.54, 1.807) is 30.3 Å². The molecule has 72 heavy (non-hydrogen) atoms. The Labute approximate surface area is 427 Å². The van der Waals surface area contributed by atoms with Crippen LogP contribution in [0, 0.1) is 0 Å². The fourth-order valence-electron chi connectivity index (χ4n) is 8.14. The minimum absolute atomic E-state index is 0.00499. The van der Waals surface area contributed by atoms with Crippen molar-refractivity contribution in [3.8, 4) is 0 Å². The Morgan fingerprint density at radius 1 is 0.667 bits per heavy atom. The van der Waals surface area contributed by atoms with E-state index in [-0.39, 0.29) is 69.1 Å². The monoisotopic (exact) mass is 1050 g/mol. The quantitative estimate of drug-likeness (QED) is 0.0154. The molecule has 1 aliphatic heterocycles. The summed E-state index contributed by atoms with van der Waals surface area (Å²) in [6.07, 6.45) is 1.46. The number of hydrogen-bond donors (Lipinski definition) is 15. The van der Waals surface area contributed by atoms with Crippen molar-refractivity contribution in [1.29, 1.82) is 0 Å². The topological polar surface area (TPSA) is 444 Å². The Morgan fingerprint density at radius 2 is 1.28 bits per heavy atom. The third-order valence-electron chi connectivity index (χ3n) is 11.9. The molecule has 0 spiro atoms. The van der Waals surface area contributed by atoms with Gasteiger partial charge in [0, 0.05) is 37.4 Å². The number of nitrogens with zero attached hydrogens (tertiary/aromatic N) is 2. The number of primary amides is 3. The molecular formula is C44H69N15O11S2. The van der Waals surface area contributed by atoms with E-state index in [0.29, 0.717) is 24.8 Å². The summed E-state index contributed by atoms with van der Waals surface area (Å²) in [7, 11) is 0. The second-order valence-electron chi connectivity index (χ2n) is 17.6. The maximum absolute atomic E-state index is 14.3. The van der Waals surface area contributed by atoms with Crippen molar-refractivity contribution in [2.75, 3.05) is 31.1 Å². The van der Waals surface area contributed by atoms with Crippen LogP contribution in [0.1, 0.15) is 82.6 Å². The first kappa shape index (κ1) is 59.6. The molecule has 11 amide bonds. The number of carbonyl (C=O) groups is 11. The Hall–Kier alpha value is -6.68.